The number of ether oxygens (including phenoxy) is 2. The molecular formula is C16H21N3O6. The molecule has 1 amide bonds. The molecule has 1 saturated heterocycles. The largest absolute Gasteiger partial charge is 0.466 e. The fraction of sp³-hybridized carbons (Fsp3) is 0.500. The smallest absolute Gasteiger partial charge is 0.414 e. The van der Waals surface area contributed by atoms with E-state index < -0.39 is 11.0 Å². The molecule has 136 valence electrons. The van der Waals surface area contributed by atoms with Crippen LogP contribution in [0.15, 0.2) is 18.2 Å². The lowest BCUT2D eigenvalue weighted by molar-refractivity contribution is -0.383. The Morgan fingerprint density at radius 1 is 1.52 bits per heavy atom. The Morgan fingerprint density at radius 3 is 2.92 bits per heavy atom. The summed E-state index contributed by atoms with van der Waals surface area (Å²) in [5.41, 5.74) is 0.638. The van der Waals surface area contributed by atoms with E-state index in [0.717, 1.165) is 0 Å². The second-order valence-corrected chi connectivity index (χ2v) is 5.75. The van der Waals surface area contributed by atoms with Crippen molar-refractivity contribution in [2.45, 2.75) is 32.7 Å². The van der Waals surface area contributed by atoms with Crippen molar-refractivity contribution in [2.24, 2.45) is 0 Å². The first-order valence-corrected chi connectivity index (χ1v) is 8.01. The Morgan fingerprint density at radius 2 is 2.28 bits per heavy atom. The highest BCUT2D eigenvalue weighted by molar-refractivity contribution is 5.89. The van der Waals surface area contributed by atoms with Gasteiger partial charge in [-0.2, -0.15) is 0 Å². The molecule has 9 heteroatoms. The molecule has 9 nitrogen and oxygen atoms in total. The number of nitro groups is 1. The second kappa shape index (κ2) is 8.32. The number of esters is 1. The van der Waals surface area contributed by atoms with Gasteiger partial charge < -0.3 is 14.8 Å². The summed E-state index contributed by atoms with van der Waals surface area (Å²) in [6, 6.07) is 4.43. The summed E-state index contributed by atoms with van der Waals surface area (Å²) < 4.78 is 9.83. The number of hydrogen-bond donors (Lipinski definition) is 1. The van der Waals surface area contributed by atoms with E-state index in [2.05, 4.69) is 5.32 Å². The van der Waals surface area contributed by atoms with E-state index in [1.165, 1.54) is 17.9 Å². The van der Waals surface area contributed by atoms with Crippen molar-refractivity contribution in [3.05, 3.63) is 28.3 Å². The van der Waals surface area contributed by atoms with Gasteiger partial charge in [-0.05, 0) is 25.5 Å². The molecule has 1 aromatic rings. The SMILES string of the molecule is CC(=O)OCC[C@@H](C)Nc1ccc(N2CCCOC2=O)cc1[N+](=O)[O-]. The molecule has 1 aliphatic rings. The summed E-state index contributed by atoms with van der Waals surface area (Å²) in [4.78, 5) is 34.8. The summed E-state index contributed by atoms with van der Waals surface area (Å²) in [6.07, 6.45) is 0.680. The summed E-state index contributed by atoms with van der Waals surface area (Å²) in [7, 11) is 0. The summed E-state index contributed by atoms with van der Waals surface area (Å²) in [6.45, 7) is 4.21. The van der Waals surface area contributed by atoms with Crippen molar-refractivity contribution in [1.29, 1.82) is 0 Å². The normalized spacial score (nSPS) is 15.3. The topological polar surface area (TPSA) is 111 Å². The van der Waals surface area contributed by atoms with Crippen molar-refractivity contribution >= 4 is 29.1 Å². The fourth-order valence-electron chi connectivity index (χ4n) is 2.46. The van der Waals surface area contributed by atoms with Crippen LogP contribution in [0, 0.1) is 10.1 Å². The third kappa shape index (κ3) is 5.07. The third-order valence-corrected chi connectivity index (χ3v) is 3.72. The molecule has 0 unspecified atom stereocenters. The van der Waals surface area contributed by atoms with Crippen molar-refractivity contribution in [2.75, 3.05) is 30.0 Å². The number of cyclic esters (lactones) is 1. The van der Waals surface area contributed by atoms with Gasteiger partial charge in [0.15, 0.2) is 0 Å². The van der Waals surface area contributed by atoms with Gasteiger partial charge in [0.05, 0.1) is 23.8 Å². The number of hydrogen-bond acceptors (Lipinski definition) is 7. The molecule has 1 aromatic carbocycles. The zero-order valence-electron chi connectivity index (χ0n) is 14.2. The minimum absolute atomic E-state index is 0.129. The molecule has 25 heavy (non-hydrogen) atoms. The lowest BCUT2D eigenvalue weighted by Gasteiger charge is -2.26. The summed E-state index contributed by atoms with van der Waals surface area (Å²) >= 11 is 0. The van der Waals surface area contributed by atoms with Crippen LogP contribution in [0.5, 0.6) is 0 Å². The van der Waals surface area contributed by atoms with Crippen molar-refractivity contribution in [3.63, 3.8) is 0 Å². The van der Waals surface area contributed by atoms with Gasteiger partial charge in [-0.15, -0.1) is 0 Å². The third-order valence-electron chi connectivity index (χ3n) is 3.72. The Kier molecular flexibility index (Phi) is 6.15. The number of carbonyl (C=O) groups excluding carboxylic acids is 2. The number of benzene rings is 1. The predicted molar refractivity (Wildman–Crippen MR) is 90.7 cm³/mol. The van der Waals surface area contributed by atoms with Crippen molar-refractivity contribution in [1.82, 2.24) is 0 Å². The second-order valence-electron chi connectivity index (χ2n) is 5.75. The lowest BCUT2D eigenvalue weighted by atomic mass is 10.1. The molecular weight excluding hydrogens is 330 g/mol. The standard InChI is InChI=1S/C16H21N3O6/c1-11(6-9-24-12(2)20)17-14-5-4-13(10-15(14)19(22)23)18-7-3-8-25-16(18)21/h4-5,10-11,17H,3,6-9H2,1-2H3/t11-/m1/s1. The van der Waals surface area contributed by atoms with Gasteiger partial charge in [-0.1, -0.05) is 0 Å². The number of carbonyl (C=O) groups is 2. The molecule has 0 radical (unpaired) electrons. The van der Waals surface area contributed by atoms with E-state index in [-0.39, 0.29) is 24.3 Å². The van der Waals surface area contributed by atoms with E-state index in [9.17, 15) is 19.7 Å². The van der Waals surface area contributed by atoms with Crippen LogP contribution in [0.25, 0.3) is 0 Å². The number of nitrogens with one attached hydrogen (secondary N) is 1. The molecule has 0 aliphatic carbocycles. The average molecular weight is 351 g/mol. The first kappa shape index (κ1) is 18.5. The Balaban J connectivity index is 2.11. The highest BCUT2D eigenvalue weighted by Gasteiger charge is 2.24. The van der Waals surface area contributed by atoms with Crippen LogP contribution in [0.4, 0.5) is 21.9 Å². The first-order valence-electron chi connectivity index (χ1n) is 8.01. The first-order chi connectivity index (χ1) is 11.9. The minimum atomic E-state index is -0.504. The average Bonchev–Trinajstić information content (AvgIpc) is 2.55. The van der Waals surface area contributed by atoms with Crippen LogP contribution in [0.2, 0.25) is 0 Å². The van der Waals surface area contributed by atoms with E-state index >= 15 is 0 Å². The van der Waals surface area contributed by atoms with E-state index in [1.54, 1.807) is 12.1 Å². The van der Waals surface area contributed by atoms with Crippen LogP contribution >= 0.6 is 0 Å². The quantitative estimate of drug-likeness (QED) is 0.457. The van der Waals surface area contributed by atoms with Gasteiger partial charge >= 0.3 is 12.1 Å². The molecule has 1 fully saturated rings. The van der Waals surface area contributed by atoms with Crippen molar-refractivity contribution < 1.29 is 24.0 Å². The lowest BCUT2D eigenvalue weighted by Crippen LogP contribution is -2.37. The summed E-state index contributed by atoms with van der Waals surface area (Å²) in [5.74, 6) is -0.365. The van der Waals surface area contributed by atoms with Gasteiger partial charge in [0.1, 0.15) is 5.69 Å². The maximum Gasteiger partial charge on any atom is 0.414 e. The van der Waals surface area contributed by atoms with Crippen LogP contribution in [0.1, 0.15) is 26.7 Å². The van der Waals surface area contributed by atoms with E-state index in [0.29, 0.717) is 37.4 Å². The zero-order chi connectivity index (χ0) is 18.4. The minimum Gasteiger partial charge on any atom is -0.466 e. The number of anilines is 2. The maximum absolute atomic E-state index is 11.8. The van der Waals surface area contributed by atoms with Gasteiger partial charge in [-0.25, -0.2) is 4.79 Å². The maximum atomic E-state index is 11.8. The summed E-state index contributed by atoms with van der Waals surface area (Å²) in [5, 5.41) is 14.4. The molecule has 1 heterocycles. The number of rotatable bonds is 7. The highest BCUT2D eigenvalue weighted by Crippen LogP contribution is 2.31. The van der Waals surface area contributed by atoms with Gasteiger partial charge in [0.2, 0.25) is 0 Å². The molecule has 0 aromatic heterocycles. The molecule has 0 saturated carbocycles. The van der Waals surface area contributed by atoms with Crippen LogP contribution in [0.3, 0.4) is 0 Å². The highest BCUT2D eigenvalue weighted by atomic mass is 16.6. The van der Waals surface area contributed by atoms with E-state index in [1.807, 2.05) is 6.92 Å². The van der Waals surface area contributed by atoms with Gasteiger partial charge in [0, 0.05) is 32.0 Å². The molecule has 1 atom stereocenters. The number of amides is 1. The van der Waals surface area contributed by atoms with Crippen LogP contribution in [-0.4, -0.2) is 42.8 Å². The van der Waals surface area contributed by atoms with Crippen LogP contribution in [-0.2, 0) is 14.3 Å². The van der Waals surface area contributed by atoms with Gasteiger partial charge in [-0.3, -0.25) is 19.8 Å². The van der Waals surface area contributed by atoms with Crippen molar-refractivity contribution in [3.8, 4) is 0 Å². The fourth-order valence-corrected chi connectivity index (χ4v) is 2.46. The predicted octanol–water partition coefficient (Wildman–Crippen LogP) is 2.70. The molecule has 0 bridgehead atoms. The number of nitro benzene ring substituents is 1. The molecule has 2 rings (SSSR count). The zero-order valence-corrected chi connectivity index (χ0v) is 14.2. The Bertz CT molecular complexity index is 663. The molecule has 0 spiro atoms. The van der Waals surface area contributed by atoms with Crippen LogP contribution < -0.4 is 10.2 Å². The Labute approximate surface area is 145 Å². The Hall–Kier alpha value is -2.84. The number of nitrogens with zero attached hydrogens (tertiary/aromatic N) is 2. The monoisotopic (exact) mass is 351 g/mol. The molecule has 1 N–H and O–H groups in total. The molecule has 1 aliphatic heterocycles. The van der Waals surface area contributed by atoms with Gasteiger partial charge in [0.25, 0.3) is 5.69 Å². The van der Waals surface area contributed by atoms with E-state index in [4.69, 9.17) is 9.47 Å².